The zero-order chi connectivity index (χ0) is 13.2. The van der Waals surface area contributed by atoms with Crippen molar-refractivity contribution in [1.29, 1.82) is 0 Å². The molecule has 1 aliphatic heterocycles. The first-order valence-corrected chi connectivity index (χ1v) is 7.66. The van der Waals surface area contributed by atoms with Gasteiger partial charge in [0.05, 0.1) is 4.90 Å². The molecule has 2 heterocycles. The number of likely N-dealkylation sites (tertiary alicyclic amines) is 1. The Hall–Kier alpha value is -0.690. The topological polar surface area (TPSA) is 62.3 Å². The predicted octanol–water partition coefficient (Wildman–Crippen LogP) is 1.11. The summed E-state index contributed by atoms with van der Waals surface area (Å²) in [5.41, 5.74) is 0. The molecule has 0 amide bonds. The predicted molar refractivity (Wildman–Crippen MR) is 70.1 cm³/mol. The minimum Gasteiger partial charge on any atom is -0.305 e. The summed E-state index contributed by atoms with van der Waals surface area (Å²) in [7, 11) is -1.52. The van der Waals surface area contributed by atoms with E-state index < -0.39 is 10.0 Å². The molecule has 1 atom stereocenters. The monoisotopic (exact) mass is 289 g/mol. The van der Waals surface area contributed by atoms with Crippen molar-refractivity contribution in [1.82, 2.24) is 14.6 Å². The number of hydrogen-bond donors (Lipinski definition) is 1. The average Bonchev–Trinajstić information content (AvgIpc) is 2.28. The van der Waals surface area contributed by atoms with Crippen LogP contribution in [0, 0.1) is 0 Å². The van der Waals surface area contributed by atoms with Crippen LogP contribution in [0.5, 0.6) is 0 Å². The molecule has 1 aliphatic rings. The van der Waals surface area contributed by atoms with Crippen molar-refractivity contribution in [3.63, 3.8) is 0 Å². The number of nitrogens with one attached hydrogen (secondary N) is 1. The van der Waals surface area contributed by atoms with Gasteiger partial charge in [-0.3, -0.25) is 0 Å². The first-order valence-electron chi connectivity index (χ1n) is 5.80. The molecule has 1 unspecified atom stereocenters. The number of rotatable bonds is 3. The molecule has 18 heavy (non-hydrogen) atoms. The molecule has 2 rings (SSSR count). The lowest BCUT2D eigenvalue weighted by molar-refractivity contribution is 0.242. The molecule has 1 saturated heterocycles. The Kier molecular flexibility index (Phi) is 4.21. The van der Waals surface area contributed by atoms with E-state index >= 15 is 0 Å². The van der Waals surface area contributed by atoms with Crippen LogP contribution in [-0.2, 0) is 10.0 Å². The van der Waals surface area contributed by atoms with E-state index in [1.807, 2.05) is 7.05 Å². The lowest BCUT2D eigenvalue weighted by Crippen LogP contribution is -2.46. The first kappa shape index (κ1) is 13.7. The number of halogens is 1. The van der Waals surface area contributed by atoms with Gasteiger partial charge in [-0.15, -0.1) is 0 Å². The first-order chi connectivity index (χ1) is 8.47. The SMILES string of the molecule is CN1CCCC(NS(=O)(=O)c2ccnc(Cl)c2)C1. The van der Waals surface area contributed by atoms with Crippen LogP contribution >= 0.6 is 11.6 Å². The van der Waals surface area contributed by atoms with Gasteiger partial charge < -0.3 is 4.90 Å². The van der Waals surface area contributed by atoms with Gasteiger partial charge in [0.15, 0.2) is 0 Å². The van der Waals surface area contributed by atoms with E-state index in [4.69, 9.17) is 11.6 Å². The van der Waals surface area contributed by atoms with E-state index in [2.05, 4.69) is 14.6 Å². The van der Waals surface area contributed by atoms with Gasteiger partial charge in [-0.2, -0.15) is 0 Å². The second-order valence-corrected chi connectivity index (χ2v) is 6.64. The Bertz CT molecular complexity index is 521. The number of piperidine rings is 1. The number of sulfonamides is 1. The third kappa shape index (κ3) is 3.41. The summed E-state index contributed by atoms with van der Waals surface area (Å²) in [4.78, 5) is 6.06. The molecule has 0 aliphatic carbocycles. The van der Waals surface area contributed by atoms with Crippen LogP contribution in [0.2, 0.25) is 5.15 Å². The minimum atomic E-state index is -3.51. The molecule has 0 saturated carbocycles. The quantitative estimate of drug-likeness (QED) is 0.847. The van der Waals surface area contributed by atoms with E-state index in [1.165, 1.54) is 18.3 Å². The molecule has 1 aromatic rings. The van der Waals surface area contributed by atoms with Gasteiger partial charge in [0.2, 0.25) is 10.0 Å². The molecule has 0 spiro atoms. The lowest BCUT2D eigenvalue weighted by Gasteiger charge is -2.29. The molecule has 1 N–H and O–H groups in total. The van der Waals surface area contributed by atoms with Crippen molar-refractivity contribution in [3.05, 3.63) is 23.5 Å². The second-order valence-electron chi connectivity index (χ2n) is 4.54. The third-order valence-corrected chi connectivity index (χ3v) is 4.68. The van der Waals surface area contributed by atoms with E-state index in [9.17, 15) is 8.42 Å². The fourth-order valence-electron chi connectivity index (χ4n) is 2.10. The van der Waals surface area contributed by atoms with Crippen LogP contribution in [0.1, 0.15) is 12.8 Å². The summed E-state index contributed by atoms with van der Waals surface area (Å²) in [6.07, 6.45) is 3.26. The van der Waals surface area contributed by atoms with Gasteiger partial charge in [0, 0.05) is 18.8 Å². The van der Waals surface area contributed by atoms with Crippen LogP contribution in [0.25, 0.3) is 0 Å². The van der Waals surface area contributed by atoms with Gasteiger partial charge in [-0.1, -0.05) is 11.6 Å². The van der Waals surface area contributed by atoms with Crippen LogP contribution in [0.4, 0.5) is 0 Å². The number of aromatic nitrogens is 1. The summed E-state index contributed by atoms with van der Waals surface area (Å²) >= 11 is 5.71. The molecule has 1 fully saturated rings. The fraction of sp³-hybridized carbons (Fsp3) is 0.545. The normalized spacial score (nSPS) is 22.0. The number of hydrogen-bond acceptors (Lipinski definition) is 4. The molecule has 0 aromatic carbocycles. The number of nitrogens with zero attached hydrogens (tertiary/aromatic N) is 2. The highest BCUT2D eigenvalue weighted by Crippen LogP contribution is 2.15. The van der Waals surface area contributed by atoms with Crippen LogP contribution in [0.3, 0.4) is 0 Å². The van der Waals surface area contributed by atoms with Gasteiger partial charge >= 0.3 is 0 Å². The molecule has 0 bridgehead atoms. The number of pyridine rings is 1. The molecule has 7 heteroatoms. The smallest absolute Gasteiger partial charge is 0.241 e. The maximum atomic E-state index is 12.1. The largest absolute Gasteiger partial charge is 0.305 e. The highest BCUT2D eigenvalue weighted by atomic mass is 35.5. The summed E-state index contributed by atoms with van der Waals surface area (Å²) < 4.78 is 27.0. The van der Waals surface area contributed by atoms with E-state index in [0.717, 1.165) is 25.9 Å². The van der Waals surface area contributed by atoms with Gasteiger partial charge in [0.25, 0.3) is 0 Å². The van der Waals surface area contributed by atoms with Gasteiger partial charge in [0.1, 0.15) is 5.15 Å². The van der Waals surface area contributed by atoms with Crippen LogP contribution in [0.15, 0.2) is 23.2 Å². The van der Waals surface area contributed by atoms with E-state index in [1.54, 1.807) is 0 Å². The van der Waals surface area contributed by atoms with Gasteiger partial charge in [-0.05, 0) is 38.6 Å². The minimum absolute atomic E-state index is 0.0410. The van der Waals surface area contributed by atoms with Gasteiger partial charge in [-0.25, -0.2) is 18.1 Å². The summed E-state index contributed by atoms with van der Waals surface area (Å²) in [5, 5.41) is 0.179. The highest BCUT2D eigenvalue weighted by molar-refractivity contribution is 7.89. The van der Waals surface area contributed by atoms with Crippen molar-refractivity contribution in [2.45, 2.75) is 23.8 Å². The molecule has 100 valence electrons. The fourth-order valence-corrected chi connectivity index (χ4v) is 3.61. The maximum Gasteiger partial charge on any atom is 0.241 e. The molecule has 1 aromatic heterocycles. The lowest BCUT2D eigenvalue weighted by atomic mass is 10.1. The summed E-state index contributed by atoms with van der Waals surface area (Å²) in [6, 6.07) is 2.76. The summed E-state index contributed by atoms with van der Waals surface area (Å²) in [6.45, 7) is 1.75. The standard InChI is InChI=1S/C11H16ClN3O2S/c1-15-6-2-3-9(8-15)14-18(16,17)10-4-5-13-11(12)7-10/h4-5,7,9,14H,2-3,6,8H2,1H3. The summed E-state index contributed by atoms with van der Waals surface area (Å²) in [5.74, 6) is 0. The highest BCUT2D eigenvalue weighted by Gasteiger charge is 2.23. The number of likely N-dealkylation sites (N-methyl/N-ethyl adjacent to an activating group) is 1. The maximum absolute atomic E-state index is 12.1. The van der Waals surface area contributed by atoms with Crippen LogP contribution < -0.4 is 4.72 Å². The zero-order valence-electron chi connectivity index (χ0n) is 10.1. The molecule has 0 radical (unpaired) electrons. The van der Waals surface area contributed by atoms with Crippen LogP contribution in [-0.4, -0.2) is 44.5 Å². The average molecular weight is 290 g/mol. The van der Waals surface area contributed by atoms with E-state index in [-0.39, 0.29) is 16.1 Å². The Morgan fingerprint density at radius 3 is 3.00 bits per heavy atom. The Morgan fingerprint density at radius 2 is 2.33 bits per heavy atom. The van der Waals surface area contributed by atoms with E-state index in [0.29, 0.717) is 0 Å². The Morgan fingerprint density at radius 1 is 1.56 bits per heavy atom. The third-order valence-electron chi connectivity index (χ3n) is 2.95. The Balaban J connectivity index is 2.12. The molecule has 5 nitrogen and oxygen atoms in total. The second kappa shape index (κ2) is 5.52. The van der Waals surface area contributed by atoms with Crippen molar-refractivity contribution in [3.8, 4) is 0 Å². The van der Waals surface area contributed by atoms with Crippen molar-refractivity contribution in [2.24, 2.45) is 0 Å². The zero-order valence-corrected chi connectivity index (χ0v) is 11.7. The van der Waals surface area contributed by atoms with Crippen molar-refractivity contribution in [2.75, 3.05) is 20.1 Å². The van der Waals surface area contributed by atoms with Crippen molar-refractivity contribution < 1.29 is 8.42 Å². The molecular formula is C11H16ClN3O2S. The van der Waals surface area contributed by atoms with Crippen molar-refractivity contribution >= 4 is 21.6 Å². The Labute approximate surface area is 112 Å². The molecular weight excluding hydrogens is 274 g/mol.